The molecule has 2 aromatic carbocycles. The molecule has 2 N–H and O–H groups in total. The third kappa shape index (κ3) is 3.96. The number of hydrogen-bond donors (Lipinski definition) is 1. The maximum Gasteiger partial charge on any atom is 0.254 e. The molecule has 0 aliphatic carbocycles. The van der Waals surface area contributed by atoms with Crippen molar-refractivity contribution in [1.82, 2.24) is 4.90 Å². The molecule has 1 heterocycles. The van der Waals surface area contributed by atoms with Crippen LogP contribution in [0.15, 0.2) is 42.5 Å². The SMILES string of the molecule is C[C@H]1C[C@@H](N)CCN1C(=O)c1ccc(Oc2ccc(F)c(F)c2)cc1. The number of nitrogens with two attached hydrogens (primary N) is 1. The van der Waals surface area contributed by atoms with Crippen LogP contribution in [0, 0.1) is 11.6 Å². The molecule has 0 aromatic heterocycles. The largest absolute Gasteiger partial charge is 0.457 e. The molecule has 3 rings (SSSR count). The number of ether oxygens (including phenoxy) is 1. The minimum absolute atomic E-state index is 0.0428. The molecule has 0 spiro atoms. The third-order valence-corrected chi connectivity index (χ3v) is 4.41. The zero-order chi connectivity index (χ0) is 18.0. The van der Waals surface area contributed by atoms with Gasteiger partial charge in [-0.2, -0.15) is 0 Å². The van der Waals surface area contributed by atoms with Crippen molar-refractivity contribution in [3.05, 3.63) is 59.7 Å². The summed E-state index contributed by atoms with van der Waals surface area (Å²) in [5.74, 6) is -1.31. The van der Waals surface area contributed by atoms with Gasteiger partial charge in [-0.1, -0.05) is 0 Å². The van der Waals surface area contributed by atoms with Crippen LogP contribution in [0.2, 0.25) is 0 Å². The minimum atomic E-state index is -0.971. The number of carbonyl (C=O) groups excluding carboxylic acids is 1. The van der Waals surface area contributed by atoms with Gasteiger partial charge < -0.3 is 15.4 Å². The Labute approximate surface area is 145 Å². The number of rotatable bonds is 3. The molecular formula is C19H20F2N2O2. The van der Waals surface area contributed by atoms with Crippen molar-refractivity contribution in [2.24, 2.45) is 5.73 Å². The predicted molar refractivity (Wildman–Crippen MR) is 90.6 cm³/mol. The molecule has 2 atom stereocenters. The van der Waals surface area contributed by atoms with Crippen LogP contribution in [-0.2, 0) is 0 Å². The van der Waals surface area contributed by atoms with Gasteiger partial charge in [0.1, 0.15) is 11.5 Å². The Kier molecular flexibility index (Phi) is 4.99. The minimum Gasteiger partial charge on any atom is -0.457 e. The smallest absolute Gasteiger partial charge is 0.254 e. The maximum absolute atomic E-state index is 13.2. The van der Waals surface area contributed by atoms with Crippen LogP contribution in [0.5, 0.6) is 11.5 Å². The predicted octanol–water partition coefficient (Wildman–Crippen LogP) is 3.71. The first-order valence-electron chi connectivity index (χ1n) is 8.23. The van der Waals surface area contributed by atoms with Crippen molar-refractivity contribution < 1.29 is 18.3 Å². The van der Waals surface area contributed by atoms with Crippen molar-refractivity contribution >= 4 is 5.91 Å². The second-order valence-corrected chi connectivity index (χ2v) is 6.33. The number of hydrogen-bond acceptors (Lipinski definition) is 3. The van der Waals surface area contributed by atoms with E-state index >= 15 is 0 Å². The molecule has 0 bridgehead atoms. The van der Waals surface area contributed by atoms with Gasteiger partial charge in [-0.25, -0.2) is 8.78 Å². The van der Waals surface area contributed by atoms with E-state index in [-0.39, 0.29) is 23.7 Å². The van der Waals surface area contributed by atoms with E-state index in [1.54, 1.807) is 24.3 Å². The highest BCUT2D eigenvalue weighted by Crippen LogP contribution is 2.25. The maximum atomic E-state index is 13.2. The van der Waals surface area contributed by atoms with Gasteiger partial charge in [-0.15, -0.1) is 0 Å². The average molecular weight is 346 g/mol. The van der Waals surface area contributed by atoms with E-state index < -0.39 is 11.6 Å². The Balaban J connectivity index is 1.69. The van der Waals surface area contributed by atoms with Crippen LogP contribution in [0.4, 0.5) is 8.78 Å². The lowest BCUT2D eigenvalue weighted by Gasteiger charge is -2.36. The van der Waals surface area contributed by atoms with E-state index in [4.69, 9.17) is 10.5 Å². The highest BCUT2D eigenvalue weighted by atomic mass is 19.2. The van der Waals surface area contributed by atoms with Crippen molar-refractivity contribution in [2.75, 3.05) is 6.54 Å². The van der Waals surface area contributed by atoms with Crippen LogP contribution >= 0.6 is 0 Å². The molecule has 6 heteroatoms. The molecule has 25 heavy (non-hydrogen) atoms. The first-order chi connectivity index (χ1) is 11.9. The van der Waals surface area contributed by atoms with Crippen molar-refractivity contribution in [3.63, 3.8) is 0 Å². The van der Waals surface area contributed by atoms with Gasteiger partial charge in [-0.05, 0) is 56.2 Å². The first-order valence-corrected chi connectivity index (χ1v) is 8.23. The molecule has 1 aliphatic rings. The number of likely N-dealkylation sites (tertiary alicyclic amines) is 1. The van der Waals surface area contributed by atoms with E-state index in [2.05, 4.69) is 0 Å². The zero-order valence-electron chi connectivity index (χ0n) is 13.9. The molecule has 1 fully saturated rings. The quantitative estimate of drug-likeness (QED) is 0.922. The lowest BCUT2D eigenvalue weighted by molar-refractivity contribution is 0.0619. The summed E-state index contributed by atoms with van der Waals surface area (Å²) in [6.07, 6.45) is 1.59. The van der Waals surface area contributed by atoms with Crippen LogP contribution in [0.1, 0.15) is 30.1 Å². The van der Waals surface area contributed by atoms with Crippen molar-refractivity contribution in [3.8, 4) is 11.5 Å². The second-order valence-electron chi connectivity index (χ2n) is 6.33. The van der Waals surface area contributed by atoms with Crippen LogP contribution in [0.25, 0.3) is 0 Å². The van der Waals surface area contributed by atoms with Gasteiger partial charge in [0.25, 0.3) is 5.91 Å². The van der Waals surface area contributed by atoms with E-state index in [0.717, 1.165) is 25.0 Å². The highest BCUT2D eigenvalue weighted by Gasteiger charge is 2.27. The average Bonchev–Trinajstić information content (AvgIpc) is 2.58. The summed E-state index contributed by atoms with van der Waals surface area (Å²) in [6, 6.07) is 10.2. The normalized spacial score (nSPS) is 20.4. The number of nitrogens with zero attached hydrogens (tertiary/aromatic N) is 1. The van der Waals surface area contributed by atoms with E-state index in [0.29, 0.717) is 17.9 Å². The fraction of sp³-hybridized carbons (Fsp3) is 0.316. The summed E-state index contributed by atoms with van der Waals surface area (Å²) in [4.78, 5) is 14.4. The molecule has 2 aromatic rings. The lowest BCUT2D eigenvalue weighted by Crippen LogP contribution is -2.48. The Morgan fingerprint density at radius 2 is 1.80 bits per heavy atom. The number of benzene rings is 2. The summed E-state index contributed by atoms with van der Waals surface area (Å²) in [6.45, 7) is 2.64. The highest BCUT2D eigenvalue weighted by molar-refractivity contribution is 5.94. The lowest BCUT2D eigenvalue weighted by atomic mass is 9.98. The molecule has 1 aliphatic heterocycles. The van der Waals surface area contributed by atoms with Gasteiger partial charge in [-0.3, -0.25) is 4.79 Å². The number of halogens is 2. The Morgan fingerprint density at radius 3 is 2.44 bits per heavy atom. The van der Waals surface area contributed by atoms with Gasteiger partial charge in [0.2, 0.25) is 0 Å². The zero-order valence-corrected chi connectivity index (χ0v) is 13.9. The van der Waals surface area contributed by atoms with E-state index in [9.17, 15) is 13.6 Å². The summed E-state index contributed by atoms with van der Waals surface area (Å²) in [5, 5.41) is 0. The molecule has 0 unspecified atom stereocenters. The fourth-order valence-electron chi connectivity index (χ4n) is 3.02. The summed E-state index contributed by atoms with van der Waals surface area (Å²) in [5.41, 5.74) is 6.49. The third-order valence-electron chi connectivity index (χ3n) is 4.41. The van der Waals surface area contributed by atoms with Gasteiger partial charge >= 0.3 is 0 Å². The Bertz CT molecular complexity index is 765. The molecule has 0 radical (unpaired) electrons. The fourth-order valence-corrected chi connectivity index (χ4v) is 3.02. The van der Waals surface area contributed by atoms with Gasteiger partial charge in [0, 0.05) is 30.3 Å². The molecule has 4 nitrogen and oxygen atoms in total. The summed E-state index contributed by atoms with van der Waals surface area (Å²) >= 11 is 0. The molecule has 132 valence electrons. The van der Waals surface area contributed by atoms with E-state index in [1.165, 1.54) is 6.07 Å². The Hall–Kier alpha value is -2.47. The van der Waals surface area contributed by atoms with Gasteiger partial charge in [0.05, 0.1) is 0 Å². The van der Waals surface area contributed by atoms with Crippen LogP contribution in [0.3, 0.4) is 0 Å². The molecular weight excluding hydrogens is 326 g/mol. The first kappa shape index (κ1) is 17.4. The second kappa shape index (κ2) is 7.19. The number of amides is 1. The standard InChI is InChI=1S/C19H20F2N2O2/c1-12-10-14(22)8-9-23(12)19(24)13-2-4-15(5-3-13)25-16-6-7-17(20)18(21)11-16/h2-7,11-12,14H,8-10,22H2,1H3/t12-,14-/m0/s1. The van der Waals surface area contributed by atoms with Gasteiger partial charge in [0.15, 0.2) is 11.6 Å². The van der Waals surface area contributed by atoms with E-state index in [1.807, 2.05) is 11.8 Å². The molecule has 0 saturated carbocycles. The number of carbonyl (C=O) groups is 1. The molecule has 1 saturated heterocycles. The van der Waals surface area contributed by atoms with Crippen molar-refractivity contribution in [1.29, 1.82) is 0 Å². The number of piperidine rings is 1. The van der Waals surface area contributed by atoms with Crippen LogP contribution < -0.4 is 10.5 Å². The Morgan fingerprint density at radius 1 is 1.12 bits per heavy atom. The summed E-state index contributed by atoms with van der Waals surface area (Å²) < 4.78 is 31.6. The monoisotopic (exact) mass is 346 g/mol. The van der Waals surface area contributed by atoms with Crippen molar-refractivity contribution in [2.45, 2.75) is 31.8 Å². The molecule has 1 amide bonds. The summed E-state index contributed by atoms with van der Waals surface area (Å²) in [7, 11) is 0. The van der Waals surface area contributed by atoms with Crippen LogP contribution in [-0.4, -0.2) is 29.4 Å². The topological polar surface area (TPSA) is 55.6 Å².